The van der Waals surface area contributed by atoms with Crippen molar-refractivity contribution in [1.29, 1.82) is 0 Å². The molecule has 0 unspecified atom stereocenters. The number of benzene rings is 2. The van der Waals surface area contributed by atoms with Crippen molar-refractivity contribution in [2.24, 2.45) is 0 Å². The number of nitrogens with one attached hydrogen (secondary N) is 1. The topological polar surface area (TPSA) is 55.4 Å². The SMILES string of the molecule is Cc1ccc(F)cc1CNS(=O)(=O)c1ccc(Br)cc1OC(F)(F)F. The minimum absolute atomic E-state index is 0.215. The maximum Gasteiger partial charge on any atom is 0.573 e. The molecule has 1 N–H and O–H groups in total. The van der Waals surface area contributed by atoms with Gasteiger partial charge in [-0.2, -0.15) is 0 Å². The van der Waals surface area contributed by atoms with E-state index in [1.165, 1.54) is 18.2 Å². The lowest BCUT2D eigenvalue weighted by atomic mass is 10.1. The lowest BCUT2D eigenvalue weighted by molar-refractivity contribution is -0.275. The van der Waals surface area contributed by atoms with Crippen molar-refractivity contribution in [3.8, 4) is 5.75 Å². The fraction of sp³-hybridized carbons (Fsp3) is 0.200. The summed E-state index contributed by atoms with van der Waals surface area (Å²) in [6.07, 6.45) is -5.05. The minimum atomic E-state index is -5.05. The molecule has 0 amide bonds. The molecule has 136 valence electrons. The Morgan fingerprint density at radius 3 is 2.48 bits per heavy atom. The number of aryl methyl sites for hydroxylation is 1. The van der Waals surface area contributed by atoms with E-state index in [4.69, 9.17) is 0 Å². The monoisotopic (exact) mass is 441 g/mol. The molecule has 4 nitrogen and oxygen atoms in total. The molecule has 2 aromatic carbocycles. The average Bonchev–Trinajstić information content (AvgIpc) is 2.46. The first kappa shape index (κ1) is 19.7. The molecular formula is C15H12BrF4NO3S. The molecule has 0 bridgehead atoms. The summed E-state index contributed by atoms with van der Waals surface area (Å²) in [6.45, 7) is 1.37. The highest BCUT2D eigenvalue weighted by atomic mass is 79.9. The van der Waals surface area contributed by atoms with Crippen LogP contribution < -0.4 is 9.46 Å². The standard InChI is InChI=1S/C15H12BrF4NO3S/c1-9-2-4-12(17)6-10(9)8-21-25(22,23)14-5-3-11(16)7-13(14)24-15(18,19)20/h2-7,21H,8H2,1H3. The Kier molecular flexibility index (Phi) is 5.75. The Labute approximate surface area is 150 Å². The first-order valence-corrected chi connectivity index (χ1v) is 9.05. The molecule has 0 atom stereocenters. The third-order valence-electron chi connectivity index (χ3n) is 3.18. The molecule has 0 spiro atoms. The van der Waals surface area contributed by atoms with E-state index >= 15 is 0 Å². The van der Waals surface area contributed by atoms with Gasteiger partial charge in [-0.15, -0.1) is 13.2 Å². The zero-order valence-electron chi connectivity index (χ0n) is 12.7. The van der Waals surface area contributed by atoms with Crippen molar-refractivity contribution in [2.75, 3.05) is 0 Å². The second kappa shape index (κ2) is 7.30. The van der Waals surface area contributed by atoms with E-state index in [1.54, 1.807) is 6.92 Å². The van der Waals surface area contributed by atoms with Gasteiger partial charge in [0.2, 0.25) is 10.0 Å². The first-order chi connectivity index (χ1) is 11.5. The summed E-state index contributed by atoms with van der Waals surface area (Å²) in [7, 11) is -4.33. The van der Waals surface area contributed by atoms with Gasteiger partial charge in [-0.1, -0.05) is 22.0 Å². The van der Waals surface area contributed by atoms with Crippen molar-refractivity contribution in [2.45, 2.75) is 24.7 Å². The third kappa shape index (κ3) is 5.41. The van der Waals surface area contributed by atoms with Crippen LogP contribution >= 0.6 is 15.9 Å². The molecule has 0 fully saturated rings. The molecule has 0 radical (unpaired) electrons. The zero-order chi connectivity index (χ0) is 18.8. The first-order valence-electron chi connectivity index (χ1n) is 6.78. The van der Waals surface area contributed by atoms with Crippen LogP contribution in [0.15, 0.2) is 45.8 Å². The number of hydrogen-bond acceptors (Lipinski definition) is 3. The number of alkyl halides is 3. The van der Waals surface area contributed by atoms with Gasteiger partial charge in [0.15, 0.2) is 5.75 Å². The van der Waals surface area contributed by atoms with Crippen molar-refractivity contribution >= 4 is 26.0 Å². The molecule has 0 saturated heterocycles. The maximum absolute atomic E-state index is 13.3. The molecule has 0 heterocycles. The van der Waals surface area contributed by atoms with Gasteiger partial charge in [-0.05, 0) is 48.4 Å². The van der Waals surface area contributed by atoms with E-state index in [9.17, 15) is 26.0 Å². The van der Waals surface area contributed by atoms with Crippen LogP contribution in [0.5, 0.6) is 5.75 Å². The maximum atomic E-state index is 13.3. The fourth-order valence-electron chi connectivity index (χ4n) is 1.99. The van der Waals surface area contributed by atoms with E-state index in [0.29, 0.717) is 11.1 Å². The Morgan fingerprint density at radius 1 is 1.16 bits per heavy atom. The Hall–Kier alpha value is -1.65. The summed E-state index contributed by atoms with van der Waals surface area (Å²) >= 11 is 2.96. The third-order valence-corrected chi connectivity index (χ3v) is 5.12. The van der Waals surface area contributed by atoms with Crippen molar-refractivity contribution < 1.29 is 30.7 Å². The van der Waals surface area contributed by atoms with E-state index in [0.717, 1.165) is 18.2 Å². The number of sulfonamides is 1. The summed E-state index contributed by atoms with van der Waals surface area (Å²) in [5.74, 6) is -1.42. The second-order valence-corrected chi connectivity index (χ2v) is 7.69. The largest absolute Gasteiger partial charge is 0.573 e. The van der Waals surface area contributed by atoms with Gasteiger partial charge >= 0.3 is 6.36 Å². The molecule has 0 aliphatic carbocycles. The Balaban J connectivity index is 2.31. The van der Waals surface area contributed by atoms with E-state index in [-0.39, 0.29) is 11.0 Å². The van der Waals surface area contributed by atoms with Crippen molar-refractivity contribution in [3.63, 3.8) is 0 Å². The normalized spacial score (nSPS) is 12.2. The highest BCUT2D eigenvalue weighted by Crippen LogP contribution is 2.32. The van der Waals surface area contributed by atoms with E-state index in [2.05, 4.69) is 25.4 Å². The average molecular weight is 442 g/mol. The van der Waals surface area contributed by atoms with Gasteiger partial charge in [-0.25, -0.2) is 17.5 Å². The Bertz CT molecular complexity index is 885. The van der Waals surface area contributed by atoms with Gasteiger partial charge in [0.25, 0.3) is 0 Å². The van der Waals surface area contributed by atoms with Crippen LogP contribution in [-0.2, 0) is 16.6 Å². The lowest BCUT2D eigenvalue weighted by Crippen LogP contribution is -2.26. The van der Waals surface area contributed by atoms with Crippen molar-refractivity contribution in [3.05, 3.63) is 57.8 Å². The summed E-state index contributed by atoms with van der Waals surface area (Å²) in [5.41, 5.74) is 0.991. The number of rotatable bonds is 5. The summed E-state index contributed by atoms with van der Waals surface area (Å²) < 4.78 is 81.6. The van der Waals surface area contributed by atoms with Crippen LogP contribution in [0.4, 0.5) is 17.6 Å². The molecule has 2 aromatic rings. The number of ether oxygens (including phenoxy) is 1. The molecule has 10 heteroatoms. The Morgan fingerprint density at radius 2 is 1.84 bits per heavy atom. The summed E-state index contributed by atoms with van der Waals surface area (Å²) in [4.78, 5) is -0.679. The number of hydrogen-bond donors (Lipinski definition) is 1. The van der Waals surface area contributed by atoms with Gasteiger partial charge in [0.05, 0.1) is 0 Å². The van der Waals surface area contributed by atoms with Crippen molar-refractivity contribution in [1.82, 2.24) is 4.72 Å². The van der Waals surface area contributed by atoms with Gasteiger partial charge in [-0.3, -0.25) is 0 Å². The smallest absolute Gasteiger partial charge is 0.404 e. The predicted molar refractivity (Wildman–Crippen MR) is 86.0 cm³/mol. The minimum Gasteiger partial charge on any atom is -0.404 e. The highest BCUT2D eigenvalue weighted by Gasteiger charge is 2.34. The molecule has 0 aromatic heterocycles. The van der Waals surface area contributed by atoms with Gasteiger partial charge in [0, 0.05) is 11.0 Å². The number of halogens is 5. The molecule has 0 aliphatic rings. The quantitative estimate of drug-likeness (QED) is 0.704. The van der Waals surface area contributed by atoms with Crippen LogP contribution in [0, 0.1) is 12.7 Å². The molecule has 25 heavy (non-hydrogen) atoms. The predicted octanol–water partition coefficient (Wildman–Crippen LogP) is 4.27. The van der Waals surface area contributed by atoms with E-state index < -0.39 is 32.8 Å². The van der Waals surface area contributed by atoms with Gasteiger partial charge < -0.3 is 4.74 Å². The molecule has 0 aliphatic heterocycles. The van der Waals surface area contributed by atoms with Crippen LogP contribution in [0.2, 0.25) is 0 Å². The van der Waals surface area contributed by atoms with E-state index in [1.807, 2.05) is 0 Å². The van der Waals surface area contributed by atoms with Gasteiger partial charge in [0.1, 0.15) is 10.7 Å². The molecular weight excluding hydrogens is 430 g/mol. The highest BCUT2D eigenvalue weighted by molar-refractivity contribution is 9.10. The summed E-state index contributed by atoms with van der Waals surface area (Å²) in [6, 6.07) is 6.98. The molecule has 2 rings (SSSR count). The second-order valence-electron chi connectivity index (χ2n) is 5.03. The lowest BCUT2D eigenvalue weighted by Gasteiger charge is -2.15. The zero-order valence-corrected chi connectivity index (χ0v) is 15.1. The van der Waals surface area contributed by atoms with Crippen LogP contribution in [-0.4, -0.2) is 14.8 Å². The van der Waals surface area contributed by atoms with Crippen LogP contribution in [0.25, 0.3) is 0 Å². The fourth-order valence-corrected chi connectivity index (χ4v) is 3.44. The van der Waals surface area contributed by atoms with Crippen LogP contribution in [0.1, 0.15) is 11.1 Å². The van der Waals surface area contributed by atoms with Crippen LogP contribution in [0.3, 0.4) is 0 Å². The summed E-state index contributed by atoms with van der Waals surface area (Å²) in [5, 5.41) is 0. The molecule has 0 saturated carbocycles.